The summed E-state index contributed by atoms with van der Waals surface area (Å²) in [4.78, 5) is 25.4. The Balaban J connectivity index is 1.63. The van der Waals surface area contributed by atoms with E-state index < -0.39 is 4.92 Å². The van der Waals surface area contributed by atoms with E-state index in [1.807, 2.05) is 31.2 Å². The zero-order chi connectivity index (χ0) is 22.1. The average Bonchev–Trinajstić information content (AvgIpc) is 3.31. The van der Waals surface area contributed by atoms with E-state index in [2.05, 4.69) is 0 Å². The number of furan rings is 1. The number of nitro groups is 1. The number of methoxy groups -OCH3 is 1. The Labute approximate surface area is 187 Å². The number of amides is 1. The maximum atomic E-state index is 12.9. The van der Waals surface area contributed by atoms with E-state index in [0.29, 0.717) is 32.1 Å². The molecule has 0 saturated carbocycles. The molecule has 1 fully saturated rings. The molecule has 1 aliphatic rings. The largest absolute Gasteiger partial charge is 0.496 e. The maximum absolute atomic E-state index is 12.9. The average molecular weight is 453 g/mol. The van der Waals surface area contributed by atoms with Crippen LogP contribution in [0.5, 0.6) is 5.75 Å². The molecule has 0 N–H and O–H groups in total. The molecule has 31 heavy (non-hydrogen) atoms. The summed E-state index contributed by atoms with van der Waals surface area (Å²) in [5.41, 5.74) is 2.25. The van der Waals surface area contributed by atoms with Gasteiger partial charge < -0.3 is 9.15 Å². The second kappa shape index (κ2) is 8.37. The first kappa shape index (κ1) is 20.8. The molecule has 9 heteroatoms. The van der Waals surface area contributed by atoms with Crippen molar-refractivity contribution in [3.05, 3.63) is 80.9 Å². The van der Waals surface area contributed by atoms with Gasteiger partial charge in [-0.1, -0.05) is 36.1 Å². The number of carbonyl (C=O) groups is 1. The minimum Gasteiger partial charge on any atom is -0.496 e. The number of nitrogens with zero attached hydrogens (tertiary/aromatic N) is 2. The molecule has 0 unspecified atom stereocenters. The highest BCUT2D eigenvalue weighted by molar-refractivity contribution is 8.27. The fourth-order valence-electron chi connectivity index (χ4n) is 3.16. The van der Waals surface area contributed by atoms with E-state index in [-0.39, 0.29) is 11.6 Å². The molecule has 2 heterocycles. The lowest BCUT2D eigenvalue weighted by Gasteiger charge is -2.14. The van der Waals surface area contributed by atoms with Crippen molar-refractivity contribution in [2.24, 2.45) is 0 Å². The van der Waals surface area contributed by atoms with Gasteiger partial charge in [0.2, 0.25) is 0 Å². The molecule has 0 radical (unpaired) electrons. The van der Waals surface area contributed by atoms with Gasteiger partial charge in [0.05, 0.1) is 34.3 Å². The zero-order valence-electron chi connectivity index (χ0n) is 16.5. The van der Waals surface area contributed by atoms with Crippen molar-refractivity contribution in [1.29, 1.82) is 0 Å². The van der Waals surface area contributed by atoms with Gasteiger partial charge in [0, 0.05) is 12.1 Å². The van der Waals surface area contributed by atoms with Crippen LogP contribution in [0.25, 0.3) is 17.4 Å². The van der Waals surface area contributed by atoms with Gasteiger partial charge in [0.25, 0.3) is 11.6 Å². The van der Waals surface area contributed by atoms with Crippen molar-refractivity contribution >= 4 is 51.7 Å². The number of ether oxygens (including phenoxy) is 1. The van der Waals surface area contributed by atoms with Crippen molar-refractivity contribution in [1.82, 2.24) is 0 Å². The highest BCUT2D eigenvalue weighted by Crippen LogP contribution is 2.38. The Bertz CT molecular complexity index is 1250. The molecule has 1 aliphatic heterocycles. The number of rotatable bonds is 5. The molecule has 3 aromatic rings. The summed E-state index contributed by atoms with van der Waals surface area (Å²) in [7, 11) is 1.43. The van der Waals surface area contributed by atoms with Crippen LogP contribution in [0, 0.1) is 17.0 Å². The molecule has 2 aromatic carbocycles. The van der Waals surface area contributed by atoms with Gasteiger partial charge in [0.1, 0.15) is 17.3 Å². The Kier molecular flexibility index (Phi) is 5.62. The first-order valence-corrected chi connectivity index (χ1v) is 10.4. The molecule has 1 saturated heterocycles. The van der Waals surface area contributed by atoms with Crippen LogP contribution in [0.15, 0.2) is 63.9 Å². The molecule has 0 aliphatic carbocycles. The molecule has 7 nitrogen and oxygen atoms in total. The van der Waals surface area contributed by atoms with Crippen LogP contribution < -0.4 is 9.64 Å². The third-order valence-electron chi connectivity index (χ3n) is 4.62. The van der Waals surface area contributed by atoms with Gasteiger partial charge in [-0.2, -0.15) is 0 Å². The normalized spacial score (nSPS) is 15.0. The molecule has 0 bridgehead atoms. The first-order chi connectivity index (χ1) is 14.9. The van der Waals surface area contributed by atoms with Gasteiger partial charge in [-0.25, -0.2) is 0 Å². The topological polar surface area (TPSA) is 85.8 Å². The maximum Gasteiger partial charge on any atom is 0.273 e. The predicted octanol–water partition coefficient (Wildman–Crippen LogP) is 5.58. The minimum atomic E-state index is -0.490. The summed E-state index contributed by atoms with van der Waals surface area (Å²) >= 11 is 6.61. The predicted molar refractivity (Wildman–Crippen MR) is 124 cm³/mol. The number of carbonyl (C=O) groups excluding carboxylic acids is 1. The van der Waals surface area contributed by atoms with Gasteiger partial charge in [0.15, 0.2) is 4.32 Å². The third-order valence-corrected chi connectivity index (χ3v) is 5.92. The highest BCUT2D eigenvalue weighted by Gasteiger charge is 2.33. The van der Waals surface area contributed by atoms with Crippen LogP contribution >= 0.6 is 24.0 Å². The minimum absolute atomic E-state index is 0.0767. The Morgan fingerprint density at radius 1 is 1.19 bits per heavy atom. The molecular formula is C22H16N2O5S2. The van der Waals surface area contributed by atoms with Gasteiger partial charge in [-0.3, -0.25) is 19.8 Å². The summed E-state index contributed by atoms with van der Waals surface area (Å²) in [6.07, 6.45) is 1.64. The number of thioether (sulfide) groups is 1. The molecule has 4 rings (SSSR count). The SMILES string of the molecule is COc1cc([N+](=O)[O-])ccc1-c1ccc(/C=C2\SC(=S)N(c3cccc(C)c3)C2=O)o1. The number of non-ortho nitro benzene ring substituents is 1. The second-order valence-corrected chi connectivity index (χ2v) is 8.38. The number of anilines is 1. The van der Waals surface area contributed by atoms with Crippen LogP contribution in [0.1, 0.15) is 11.3 Å². The molecule has 0 atom stereocenters. The summed E-state index contributed by atoms with van der Waals surface area (Å²) < 4.78 is 11.6. The number of benzene rings is 2. The van der Waals surface area contributed by atoms with E-state index in [4.69, 9.17) is 21.4 Å². The van der Waals surface area contributed by atoms with E-state index in [9.17, 15) is 14.9 Å². The molecule has 0 spiro atoms. The lowest BCUT2D eigenvalue weighted by atomic mass is 10.1. The van der Waals surface area contributed by atoms with Crippen LogP contribution in [-0.2, 0) is 4.79 Å². The molecule has 156 valence electrons. The van der Waals surface area contributed by atoms with Gasteiger partial charge in [-0.15, -0.1) is 0 Å². The van der Waals surface area contributed by atoms with E-state index >= 15 is 0 Å². The summed E-state index contributed by atoms with van der Waals surface area (Å²) in [6, 6.07) is 15.3. The number of thiocarbonyl (C=S) groups is 1. The van der Waals surface area contributed by atoms with Crippen molar-refractivity contribution < 1.29 is 18.9 Å². The summed E-state index contributed by atoms with van der Waals surface area (Å²) in [5, 5.41) is 11.0. The van der Waals surface area contributed by atoms with Gasteiger partial charge in [-0.05, 0) is 42.8 Å². The summed E-state index contributed by atoms with van der Waals surface area (Å²) in [6.45, 7) is 1.95. The fourth-order valence-corrected chi connectivity index (χ4v) is 4.44. The van der Waals surface area contributed by atoms with Crippen LogP contribution in [0.2, 0.25) is 0 Å². The highest BCUT2D eigenvalue weighted by atomic mass is 32.2. The number of hydrogen-bond donors (Lipinski definition) is 0. The number of aryl methyl sites for hydroxylation is 1. The number of nitro benzene ring substituents is 1. The molecule has 1 amide bonds. The standard InChI is InChI=1S/C22H16N2O5S2/c1-13-4-3-5-14(10-13)23-21(25)20(31-22(23)30)12-16-7-9-18(29-16)17-8-6-15(24(26)27)11-19(17)28-2/h3-12H,1-2H3/b20-12-. The van der Waals surface area contributed by atoms with E-state index in [1.165, 1.54) is 35.9 Å². The zero-order valence-corrected chi connectivity index (χ0v) is 18.2. The van der Waals surface area contributed by atoms with Crippen LogP contribution in [-0.4, -0.2) is 22.3 Å². The van der Waals surface area contributed by atoms with Crippen molar-refractivity contribution in [2.45, 2.75) is 6.92 Å². The van der Waals surface area contributed by atoms with Crippen molar-refractivity contribution in [2.75, 3.05) is 12.0 Å². The van der Waals surface area contributed by atoms with Crippen molar-refractivity contribution in [3.63, 3.8) is 0 Å². The monoisotopic (exact) mass is 452 g/mol. The van der Waals surface area contributed by atoms with E-state index in [0.717, 1.165) is 11.3 Å². The van der Waals surface area contributed by atoms with Crippen LogP contribution in [0.4, 0.5) is 11.4 Å². The Hall–Kier alpha value is -3.43. The fraction of sp³-hybridized carbons (Fsp3) is 0.0909. The lowest BCUT2D eigenvalue weighted by molar-refractivity contribution is -0.384. The summed E-state index contributed by atoms with van der Waals surface area (Å²) in [5.74, 6) is 1.03. The molecule has 1 aromatic heterocycles. The lowest BCUT2D eigenvalue weighted by Crippen LogP contribution is -2.27. The van der Waals surface area contributed by atoms with Crippen LogP contribution in [0.3, 0.4) is 0 Å². The smallest absolute Gasteiger partial charge is 0.273 e. The second-order valence-electron chi connectivity index (χ2n) is 6.70. The Morgan fingerprint density at radius 3 is 2.71 bits per heavy atom. The first-order valence-electron chi connectivity index (χ1n) is 9.14. The van der Waals surface area contributed by atoms with E-state index in [1.54, 1.807) is 24.3 Å². The third kappa shape index (κ3) is 4.10. The van der Waals surface area contributed by atoms with Gasteiger partial charge >= 0.3 is 0 Å². The number of hydrogen-bond acceptors (Lipinski definition) is 7. The molecular weight excluding hydrogens is 436 g/mol. The Morgan fingerprint density at radius 2 is 2.00 bits per heavy atom. The quantitative estimate of drug-likeness (QED) is 0.216. The van der Waals surface area contributed by atoms with Crippen molar-refractivity contribution in [3.8, 4) is 17.1 Å².